The SMILES string of the molecule is Cc1[nH]c(/C=C2\C(=O)Nc3ccc(F)cc32)c(C)c1C(=O)N1CCC(CN2CCOCC2)C1. The first kappa shape index (κ1) is 21.9. The van der Waals surface area contributed by atoms with Crippen molar-refractivity contribution >= 4 is 29.2 Å². The second kappa shape index (κ2) is 8.76. The Hall–Kier alpha value is -2.97. The number of H-pyrrole nitrogens is 1. The van der Waals surface area contributed by atoms with Gasteiger partial charge < -0.3 is 19.9 Å². The summed E-state index contributed by atoms with van der Waals surface area (Å²) < 4.78 is 19.2. The van der Waals surface area contributed by atoms with Crippen molar-refractivity contribution in [2.75, 3.05) is 51.3 Å². The number of nitrogens with one attached hydrogen (secondary N) is 2. The van der Waals surface area contributed by atoms with Gasteiger partial charge in [0.2, 0.25) is 0 Å². The molecule has 4 heterocycles. The summed E-state index contributed by atoms with van der Waals surface area (Å²) in [5.74, 6) is -0.174. The number of hydrogen-bond acceptors (Lipinski definition) is 4. The quantitative estimate of drug-likeness (QED) is 0.699. The van der Waals surface area contributed by atoms with E-state index >= 15 is 0 Å². The summed E-state index contributed by atoms with van der Waals surface area (Å²) in [5, 5.41) is 2.77. The first-order valence-corrected chi connectivity index (χ1v) is 11.5. The van der Waals surface area contributed by atoms with Gasteiger partial charge >= 0.3 is 0 Å². The lowest BCUT2D eigenvalue weighted by Gasteiger charge is -2.29. The van der Waals surface area contributed by atoms with Crippen LogP contribution in [0.2, 0.25) is 0 Å². The third kappa shape index (κ3) is 4.20. The number of carbonyl (C=O) groups is 2. The number of nitrogens with zero attached hydrogens (tertiary/aromatic N) is 2. The number of halogens is 1. The molecule has 5 rings (SSSR count). The lowest BCUT2D eigenvalue weighted by atomic mass is 10.0. The number of rotatable bonds is 4. The minimum Gasteiger partial charge on any atom is -0.379 e. The van der Waals surface area contributed by atoms with Crippen molar-refractivity contribution in [2.45, 2.75) is 20.3 Å². The minimum absolute atomic E-state index is 0.0256. The molecule has 2 fully saturated rings. The molecule has 1 unspecified atom stereocenters. The van der Waals surface area contributed by atoms with Crippen LogP contribution in [0.15, 0.2) is 18.2 Å². The first-order chi connectivity index (χ1) is 15.9. The molecule has 3 aliphatic heterocycles. The van der Waals surface area contributed by atoms with Gasteiger partial charge in [-0.05, 0) is 56.0 Å². The molecule has 2 amide bonds. The molecular formula is C25H29FN4O3. The van der Waals surface area contributed by atoms with Crippen LogP contribution in [0.4, 0.5) is 10.1 Å². The Kier molecular flexibility index (Phi) is 5.80. The molecule has 1 aromatic heterocycles. The standard InChI is InChI=1S/C25H29FN4O3/c1-15-22(12-20-19-11-18(26)3-4-21(19)28-24(20)31)27-16(2)23(15)25(32)30-6-5-17(14-30)13-29-7-9-33-10-8-29/h3-4,11-12,17,27H,5-10,13-14H2,1-2H3,(H,28,31)/b20-12-. The Morgan fingerprint density at radius 3 is 2.82 bits per heavy atom. The number of anilines is 1. The summed E-state index contributed by atoms with van der Waals surface area (Å²) in [5.41, 5.74) is 4.45. The van der Waals surface area contributed by atoms with E-state index in [1.165, 1.54) is 12.1 Å². The van der Waals surface area contributed by atoms with Gasteiger partial charge in [-0.1, -0.05) is 0 Å². The molecule has 0 saturated carbocycles. The monoisotopic (exact) mass is 452 g/mol. The van der Waals surface area contributed by atoms with Crippen molar-refractivity contribution in [3.05, 3.63) is 52.1 Å². The number of aromatic amines is 1. The van der Waals surface area contributed by atoms with Crippen molar-refractivity contribution in [3.63, 3.8) is 0 Å². The molecule has 33 heavy (non-hydrogen) atoms. The van der Waals surface area contributed by atoms with Crippen molar-refractivity contribution in [2.24, 2.45) is 5.92 Å². The van der Waals surface area contributed by atoms with Crippen molar-refractivity contribution < 1.29 is 18.7 Å². The van der Waals surface area contributed by atoms with Gasteiger partial charge in [0.1, 0.15) is 5.82 Å². The van der Waals surface area contributed by atoms with E-state index in [0.717, 1.165) is 63.6 Å². The summed E-state index contributed by atoms with van der Waals surface area (Å²) in [6.45, 7) is 9.76. The van der Waals surface area contributed by atoms with Crippen LogP contribution >= 0.6 is 0 Å². The molecule has 0 spiro atoms. The normalized spacial score (nSPS) is 22.2. The van der Waals surface area contributed by atoms with Crippen molar-refractivity contribution in [1.82, 2.24) is 14.8 Å². The van der Waals surface area contributed by atoms with Gasteiger partial charge in [-0.3, -0.25) is 14.5 Å². The number of aryl methyl sites for hydroxylation is 1. The van der Waals surface area contributed by atoms with Crippen molar-refractivity contribution in [3.8, 4) is 0 Å². The van der Waals surface area contributed by atoms with E-state index in [-0.39, 0.29) is 11.8 Å². The third-order valence-corrected chi connectivity index (χ3v) is 6.94. The maximum absolute atomic E-state index is 13.8. The van der Waals surface area contributed by atoms with Crippen LogP contribution in [0, 0.1) is 25.6 Å². The highest BCUT2D eigenvalue weighted by Crippen LogP contribution is 2.34. The van der Waals surface area contributed by atoms with Crippen molar-refractivity contribution in [1.29, 1.82) is 0 Å². The van der Waals surface area contributed by atoms with E-state index in [2.05, 4.69) is 15.2 Å². The Morgan fingerprint density at radius 1 is 1.24 bits per heavy atom. The molecular weight excluding hydrogens is 423 g/mol. The molecule has 0 bridgehead atoms. The van der Waals surface area contributed by atoms with Gasteiger partial charge in [0, 0.05) is 55.4 Å². The predicted octanol–water partition coefficient (Wildman–Crippen LogP) is 3.06. The highest BCUT2D eigenvalue weighted by Gasteiger charge is 2.31. The molecule has 1 aromatic carbocycles. The van der Waals surface area contributed by atoms with E-state index < -0.39 is 5.82 Å². The second-order valence-corrected chi connectivity index (χ2v) is 9.18. The number of likely N-dealkylation sites (tertiary alicyclic amines) is 1. The number of amides is 2. The highest BCUT2D eigenvalue weighted by molar-refractivity contribution is 6.34. The van der Waals surface area contributed by atoms with Crippen LogP contribution in [0.3, 0.4) is 0 Å². The summed E-state index contributed by atoms with van der Waals surface area (Å²) in [6, 6.07) is 4.24. The molecule has 2 N–H and O–H groups in total. The van der Waals surface area contributed by atoms with Gasteiger partial charge in [-0.15, -0.1) is 0 Å². The number of ether oxygens (including phenoxy) is 1. The molecule has 2 aromatic rings. The second-order valence-electron chi connectivity index (χ2n) is 9.18. The Bertz CT molecular complexity index is 1130. The topological polar surface area (TPSA) is 77.7 Å². The first-order valence-electron chi connectivity index (χ1n) is 11.5. The molecule has 8 heteroatoms. The van der Waals surface area contributed by atoms with Gasteiger partial charge in [0.05, 0.1) is 24.4 Å². The van der Waals surface area contributed by atoms with E-state index in [1.54, 1.807) is 12.1 Å². The molecule has 174 valence electrons. The summed E-state index contributed by atoms with van der Waals surface area (Å²) in [7, 11) is 0. The predicted molar refractivity (Wildman–Crippen MR) is 124 cm³/mol. The Balaban J connectivity index is 1.34. The highest BCUT2D eigenvalue weighted by atomic mass is 19.1. The zero-order valence-corrected chi connectivity index (χ0v) is 19.0. The van der Waals surface area contributed by atoms with Crippen LogP contribution in [0.25, 0.3) is 11.6 Å². The Morgan fingerprint density at radius 2 is 2.03 bits per heavy atom. The number of aromatic nitrogens is 1. The number of fused-ring (bicyclic) bond motifs is 1. The van der Waals surface area contributed by atoms with E-state index in [1.807, 2.05) is 18.7 Å². The molecule has 1 atom stereocenters. The number of benzene rings is 1. The molecule has 0 radical (unpaired) electrons. The van der Waals surface area contributed by atoms with E-state index in [9.17, 15) is 14.0 Å². The average molecular weight is 453 g/mol. The van der Waals surface area contributed by atoms with Gasteiger partial charge in [0.15, 0.2) is 0 Å². The van der Waals surface area contributed by atoms with Crippen LogP contribution in [-0.2, 0) is 9.53 Å². The van der Waals surface area contributed by atoms with Crippen LogP contribution < -0.4 is 5.32 Å². The minimum atomic E-state index is -0.396. The molecule has 3 aliphatic rings. The number of carbonyl (C=O) groups excluding carboxylic acids is 2. The number of morpholine rings is 1. The maximum atomic E-state index is 13.8. The molecule has 0 aliphatic carbocycles. The molecule has 7 nitrogen and oxygen atoms in total. The third-order valence-electron chi connectivity index (χ3n) is 6.94. The maximum Gasteiger partial charge on any atom is 0.256 e. The Labute approximate surface area is 192 Å². The fourth-order valence-corrected chi connectivity index (χ4v) is 5.16. The van der Waals surface area contributed by atoms with Crippen LogP contribution in [-0.4, -0.2) is 72.5 Å². The van der Waals surface area contributed by atoms with Crippen LogP contribution in [0.1, 0.15) is 39.3 Å². The summed E-state index contributed by atoms with van der Waals surface area (Å²) in [4.78, 5) is 33.5. The fourth-order valence-electron chi connectivity index (χ4n) is 5.16. The van der Waals surface area contributed by atoms with Gasteiger partial charge in [-0.25, -0.2) is 4.39 Å². The zero-order valence-electron chi connectivity index (χ0n) is 19.0. The lowest BCUT2D eigenvalue weighted by molar-refractivity contribution is -0.110. The summed E-state index contributed by atoms with van der Waals surface area (Å²) >= 11 is 0. The molecule has 2 saturated heterocycles. The van der Waals surface area contributed by atoms with Crippen LogP contribution in [0.5, 0.6) is 0 Å². The lowest BCUT2D eigenvalue weighted by Crippen LogP contribution is -2.40. The number of hydrogen-bond donors (Lipinski definition) is 2. The van der Waals surface area contributed by atoms with E-state index in [0.29, 0.717) is 34.0 Å². The van der Waals surface area contributed by atoms with Gasteiger partial charge in [-0.2, -0.15) is 0 Å². The fraction of sp³-hybridized carbons (Fsp3) is 0.440. The summed E-state index contributed by atoms with van der Waals surface area (Å²) in [6.07, 6.45) is 2.72. The average Bonchev–Trinajstić information content (AvgIpc) is 3.46. The smallest absolute Gasteiger partial charge is 0.256 e. The largest absolute Gasteiger partial charge is 0.379 e. The zero-order chi connectivity index (χ0) is 23.1. The van der Waals surface area contributed by atoms with E-state index in [4.69, 9.17) is 4.74 Å². The van der Waals surface area contributed by atoms with Gasteiger partial charge in [0.25, 0.3) is 11.8 Å².